The summed E-state index contributed by atoms with van der Waals surface area (Å²) in [5, 5.41) is 3.59. The first-order valence-electron chi connectivity index (χ1n) is 11.2. The number of aromatic nitrogens is 4. The Labute approximate surface area is 188 Å². The van der Waals surface area contributed by atoms with Gasteiger partial charge in [-0.2, -0.15) is 0 Å². The van der Waals surface area contributed by atoms with Gasteiger partial charge in [0.25, 0.3) is 0 Å². The van der Waals surface area contributed by atoms with Crippen LogP contribution >= 0.6 is 0 Å². The first-order valence-corrected chi connectivity index (χ1v) is 11.2. The smallest absolute Gasteiger partial charge is 0.156 e. The Kier molecular flexibility index (Phi) is 5.94. The number of anilines is 1. The van der Waals surface area contributed by atoms with Crippen molar-refractivity contribution in [1.29, 1.82) is 0 Å². The molecule has 5 rings (SSSR count). The quantitative estimate of drug-likeness (QED) is 0.458. The predicted octanol–water partition coefficient (Wildman–Crippen LogP) is 4.95. The maximum atomic E-state index is 4.55. The fourth-order valence-electron chi connectivity index (χ4n) is 4.18. The van der Waals surface area contributed by atoms with Crippen LogP contribution in [0.5, 0.6) is 0 Å². The van der Waals surface area contributed by atoms with E-state index in [-0.39, 0.29) is 0 Å². The average Bonchev–Trinajstić information content (AvgIpc) is 3.35. The van der Waals surface area contributed by atoms with Crippen LogP contribution in [0.1, 0.15) is 12.8 Å². The van der Waals surface area contributed by atoms with Gasteiger partial charge in [0.15, 0.2) is 5.82 Å². The molecule has 6 heteroatoms. The summed E-state index contributed by atoms with van der Waals surface area (Å²) >= 11 is 0. The molecular formula is C26H28N6. The number of rotatable bonds is 6. The molecule has 0 unspecified atom stereocenters. The number of nitrogens with zero attached hydrogens (tertiary/aromatic N) is 4. The Morgan fingerprint density at radius 2 is 1.78 bits per heavy atom. The molecule has 0 amide bonds. The maximum Gasteiger partial charge on any atom is 0.156 e. The van der Waals surface area contributed by atoms with Crippen molar-refractivity contribution in [3.8, 4) is 33.9 Å². The van der Waals surface area contributed by atoms with E-state index in [9.17, 15) is 0 Å². The van der Waals surface area contributed by atoms with Gasteiger partial charge in [-0.05, 0) is 68.2 Å². The summed E-state index contributed by atoms with van der Waals surface area (Å²) in [6.45, 7) is 3.36. The standard InChI is InChI=1S/C26H28N6/c1-32-11-8-19(9-12-32)15-29-23-13-22(16-27-17-23)21-7-10-28-24(14-21)26-30-18-25(31-26)20-5-3-2-4-6-20/h2-7,10,13-14,16-19,29H,8-9,11-12,15H2,1H3,(H,30,31). The highest BCUT2D eigenvalue weighted by Crippen LogP contribution is 2.26. The summed E-state index contributed by atoms with van der Waals surface area (Å²) in [6.07, 6.45) is 9.98. The SMILES string of the molecule is CN1CCC(CNc2cncc(-c3ccnc(-c4ncc(-c5ccccc5)[nH]4)c3)c2)CC1. The second-order valence-corrected chi connectivity index (χ2v) is 8.53. The zero-order valence-electron chi connectivity index (χ0n) is 18.3. The molecule has 2 N–H and O–H groups in total. The van der Waals surface area contributed by atoms with Crippen LogP contribution in [0, 0.1) is 5.92 Å². The first kappa shape index (κ1) is 20.4. The van der Waals surface area contributed by atoms with Gasteiger partial charge >= 0.3 is 0 Å². The van der Waals surface area contributed by atoms with Crippen LogP contribution in [0.25, 0.3) is 33.9 Å². The molecule has 1 fully saturated rings. The van der Waals surface area contributed by atoms with E-state index in [4.69, 9.17) is 0 Å². The second-order valence-electron chi connectivity index (χ2n) is 8.53. The minimum absolute atomic E-state index is 0.722. The van der Waals surface area contributed by atoms with Gasteiger partial charge in [0.2, 0.25) is 0 Å². The van der Waals surface area contributed by atoms with E-state index in [0.717, 1.165) is 52.1 Å². The molecule has 0 radical (unpaired) electrons. The molecule has 1 aromatic carbocycles. The van der Waals surface area contributed by atoms with Crippen LogP contribution in [0.15, 0.2) is 73.3 Å². The number of pyridine rings is 2. The van der Waals surface area contributed by atoms with Crippen LogP contribution in [-0.4, -0.2) is 51.5 Å². The largest absolute Gasteiger partial charge is 0.384 e. The molecule has 4 aromatic rings. The van der Waals surface area contributed by atoms with E-state index in [0.29, 0.717) is 0 Å². The average molecular weight is 425 g/mol. The third-order valence-electron chi connectivity index (χ3n) is 6.17. The highest BCUT2D eigenvalue weighted by molar-refractivity contribution is 5.71. The van der Waals surface area contributed by atoms with Gasteiger partial charge in [0.1, 0.15) is 5.69 Å². The second kappa shape index (κ2) is 9.32. The fraction of sp³-hybridized carbons (Fsp3) is 0.269. The van der Waals surface area contributed by atoms with Crippen molar-refractivity contribution in [2.75, 3.05) is 32.0 Å². The van der Waals surface area contributed by atoms with Crippen LogP contribution in [-0.2, 0) is 0 Å². The summed E-state index contributed by atoms with van der Waals surface area (Å²) in [5.74, 6) is 1.48. The van der Waals surface area contributed by atoms with E-state index >= 15 is 0 Å². The van der Waals surface area contributed by atoms with Crippen LogP contribution in [0.4, 0.5) is 5.69 Å². The Morgan fingerprint density at radius 1 is 0.938 bits per heavy atom. The molecule has 0 aliphatic carbocycles. The molecule has 0 atom stereocenters. The van der Waals surface area contributed by atoms with E-state index in [2.05, 4.69) is 61.5 Å². The Bertz CT molecular complexity index is 1160. The minimum Gasteiger partial charge on any atom is -0.384 e. The normalized spacial score (nSPS) is 15.0. The number of hydrogen-bond acceptors (Lipinski definition) is 5. The third-order valence-corrected chi connectivity index (χ3v) is 6.17. The van der Waals surface area contributed by atoms with Gasteiger partial charge in [-0.25, -0.2) is 4.98 Å². The van der Waals surface area contributed by atoms with Crippen LogP contribution < -0.4 is 5.32 Å². The number of benzene rings is 1. The van der Waals surface area contributed by atoms with Crippen LogP contribution in [0.2, 0.25) is 0 Å². The fourth-order valence-corrected chi connectivity index (χ4v) is 4.18. The number of hydrogen-bond donors (Lipinski definition) is 2. The van der Waals surface area contributed by atoms with Gasteiger partial charge in [-0.15, -0.1) is 0 Å². The van der Waals surface area contributed by atoms with Crippen molar-refractivity contribution in [2.24, 2.45) is 5.92 Å². The lowest BCUT2D eigenvalue weighted by Crippen LogP contribution is -2.32. The molecule has 1 aliphatic heterocycles. The van der Waals surface area contributed by atoms with Crippen molar-refractivity contribution in [3.05, 3.63) is 73.3 Å². The van der Waals surface area contributed by atoms with Crippen molar-refractivity contribution < 1.29 is 0 Å². The molecule has 6 nitrogen and oxygen atoms in total. The zero-order valence-corrected chi connectivity index (χ0v) is 18.3. The lowest BCUT2D eigenvalue weighted by Gasteiger charge is -2.29. The Hall–Kier alpha value is -3.51. The van der Waals surface area contributed by atoms with Crippen molar-refractivity contribution >= 4 is 5.69 Å². The number of piperidine rings is 1. The van der Waals surface area contributed by atoms with Crippen LogP contribution in [0.3, 0.4) is 0 Å². The van der Waals surface area contributed by atoms with E-state index in [1.54, 1.807) is 0 Å². The summed E-state index contributed by atoms with van der Waals surface area (Å²) in [7, 11) is 2.20. The Balaban J connectivity index is 1.31. The predicted molar refractivity (Wildman–Crippen MR) is 129 cm³/mol. The van der Waals surface area contributed by atoms with Crippen molar-refractivity contribution in [2.45, 2.75) is 12.8 Å². The van der Waals surface area contributed by atoms with Gasteiger partial charge in [-0.3, -0.25) is 9.97 Å². The number of likely N-dealkylation sites (tertiary alicyclic amines) is 1. The molecule has 3 aromatic heterocycles. The van der Waals surface area contributed by atoms with Crippen molar-refractivity contribution in [1.82, 2.24) is 24.8 Å². The minimum atomic E-state index is 0.722. The monoisotopic (exact) mass is 424 g/mol. The summed E-state index contributed by atoms with van der Waals surface area (Å²) in [4.78, 5) is 19.3. The molecule has 0 saturated carbocycles. The van der Waals surface area contributed by atoms with Gasteiger partial charge in [-0.1, -0.05) is 30.3 Å². The van der Waals surface area contributed by atoms with Gasteiger partial charge in [0, 0.05) is 30.7 Å². The van der Waals surface area contributed by atoms with E-state index in [1.807, 2.05) is 49.1 Å². The summed E-state index contributed by atoms with van der Waals surface area (Å²) < 4.78 is 0. The molecular weight excluding hydrogens is 396 g/mol. The van der Waals surface area contributed by atoms with E-state index in [1.165, 1.54) is 25.9 Å². The number of imidazole rings is 1. The van der Waals surface area contributed by atoms with Gasteiger partial charge in [0.05, 0.1) is 17.6 Å². The highest BCUT2D eigenvalue weighted by Gasteiger charge is 2.16. The summed E-state index contributed by atoms with van der Waals surface area (Å²) in [6, 6.07) is 16.4. The van der Waals surface area contributed by atoms with E-state index < -0.39 is 0 Å². The lowest BCUT2D eigenvalue weighted by molar-refractivity contribution is 0.226. The highest BCUT2D eigenvalue weighted by atomic mass is 15.1. The Morgan fingerprint density at radius 3 is 2.62 bits per heavy atom. The molecule has 162 valence electrons. The van der Waals surface area contributed by atoms with Gasteiger partial charge < -0.3 is 15.2 Å². The number of aromatic amines is 1. The molecule has 0 bridgehead atoms. The third kappa shape index (κ3) is 4.70. The number of nitrogens with one attached hydrogen (secondary N) is 2. The molecule has 32 heavy (non-hydrogen) atoms. The zero-order chi connectivity index (χ0) is 21.8. The molecule has 0 spiro atoms. The lowest BCUT2D eigenvalue weighted by atomic mass is 9.97. The summed E-state index contributed by atoms with van der Waals surface area (Å²) in [5.41, 5.74) is 6.10. The molecule has 1 aliphatic rings. The topological polar surface area (TPSA) is 69.7 Å². The molecule has 1 saturated heterocycles. The first-order chi connectivity index (χ1) is 15.7. The number of H-pyrrole nitrogens is 1. The maximum absolute atomic E-state index is 4.55. The van der Waals surface area contributed by atoms with Crippen molar-refractivity contribution in [3.63, 3.8) is 0 Å². The molecule has 4 heterocycles.